The Bertz CT molecular complexity index is 470. The van der Waals surface area contributed by atoms with E-state index < -0.39 is 0 Å². The van der Waals surface area contributed by atoms with Crippen LogP contribution in [0.2, 0.25) is 0 Å². The zero-order chi connectivity index (χ0) is 14.9. The zero-order valence-electron chi connectivity index (χ0n) is 12.5. The van der Waals surface area contributed by atoms with Crippen molar-refractivity contribution in [2.45, 2.75) is 38.5 Å². The largest absolute Gasteiger partial charge is 0.346 e. The molecule has 0 saturated heterocycles. The van der Waals surface area contributed by atoms with Crippen LogP contribution in [0.4, 0.5) is 0 Å². The highest BCUT2D eigenvalue weighted by atomic mass is 32.2. The first-order chi connectivity index (χ1) is 10.3. The van der Waals surface area contributed by atoms with Gasteiger partial charge >= 0.3 is 0 Å². The summed E-state index contributed by atoms with van der Waals surface area (Å²) in [5.74, 6) is 1.20. The molecule has 1 amide bonds. The van der Waals surface area contributed by atoms with E-state index in [4.69, 9.17) is 0 Å². The number of pyridine rings is 1. The van der Waals surface area contributed by atoms with Gasteiger partial charge in [-0.1, -0.05) is 37.1 Å². The lowest BCUT2D eigenvalue weighted by atomic mass is 9.90. The second-order valence-electron chi connectivity index (χ2n) is 5.28. The smallest absolute Gasteiger partial charge is 0.226 e. The molecule has 1 aromatic rings. The molecule has 0 unspecified atom stereocenters. The summed E-state index contributed by atoms with van der Waals surface area (Å²) in [6.07, 6.45) is 8.47. The number of nitrogens with one attached hydrogen (secondary N) is 1. The maximum Gasteiger partial charge on any atom is 0.226 e. The molecule has 1 aliphatic rings. The Balaban J connectivity index is 1.71. The molecular weight excluding hydrogens is 282 g/mol. The van der Waals surface area contributed by atoms with Gasteiger partial charge in [0.1, 0.15) is 0 Å². The van der Waals surface area contributed by atoms with Crippen LogP contribution in [0.3, 0.4) is 0 Å². The zero-order valence-corrected chi connectivity index (χ0v) is 13.4. The lowest BCUT2D eigenvalue weighted by Gasteiger charge is -2.22. The topological polar surface area (TPSA) is 54.4 Å². The maximum absolute atomic E-state index is 11.9. The molecule has 1 fully saturated rings. The van der Waals surface area contributed by atoms with Crippen LogP contribution in [0, 0.1) is 5.92 Å². The van der Waals surface area contributed by atoms with Gasteiger partial charge in [0, 0.05) is 24.9 Å². The van der Waals surface area contributed by atoms with E-state index in [1.165, 1.54) is 37.1 Å². The summed E-state index contributed by atoms with van der Waals surface area (Å²) in [6.45, 7) is 0. The number of carbonyl (C=O) groups excluding carboxylic acids is 1. The van der Waals surface area contributed by atoms with Gasteiger partial charge in [-0.2, -0.15) is 0 Å². The molecule has 2 rings (SSSR count). The molecular formula is C16H23N3OS. The molecule has 0 atom stereocenters. The van der Waals surface area contributed by atoms with Gasteiger partial charge in [-0.05, 0) is 25.0 Å². The summed E-state index contributed by atoms with van der Waals surface area (Å²) in [7, 11) is 1.85. The number of carbonyl (C=O) groups is 1. The van der Waals surface area contributed by atoms with Gasteiger partial charge in [0.05, 0.1) is 17.3 Å². The molecule has 1 N–H and O–H groups in total. The predicted octanol–water partition coefficient (Wildman–Crippen LogP) is 3.04. The van der Waals surface area contributed by atoms with Gasteiger partial charge in [-0.15, -0.1) is 0 Å². The summed E-state index contributed by atoms with van der Waals surface area (Å²) in [6, 6.07) is 5.62. The van der Waals surface area contributed by atoms with Crippen molar-refractivity contribution in [1.29, 1.82) is 0 Å². The third kappa shape index (κ3) is 5.50. The Morgan fingerprint density at radius 3 is 2.86 bits per heavy atom. The lowest BCUT2D eigenvalue weighted by Crippen LogP contribution is -2.26. The Hall–Kier alpha value is -1.36. The number of aromatic nitrogens is 1. The van der Waals surface area contributed by atoms with Crippen LogP contribution in [0.25, 0.3) is 0 Å². The molecule has 5 heteroatoms. The average Bonchev–Trinajstić information content (AvgIpc) is 2.53. The van der Waals surface area contributed by atoms with E-state index in [-0.39, 0.29) is 5.91 Å². The molecule has 0 radical (unpaired) electrons. The monoisotopic (exact) mass is 305 g/mol. The van der Waals surface area contributed by atoms with Crippen molar-refractivity contribution in [3.8, 4) is 0 Å². The lowest BCUT2D eigenvalue weighted by molar-refractivity contribution is -0.120. The highest BCUT2D eigenvalue weighted by Crippen LogP contribution is 2.28. The first kappa shape index (κ1) is 16.0. The van der Waals surface area contributed by atoms with Crippen LogP contribution >= 0.6 is 11.8 Å². The number of thioether (sulfide) groups is 1. The van der Waals surface area contributed by atoms with Gasteiger partial charge in [-0.25, -0.2) is 0 Å². The summed E-state index contributed by atoms with van der Waals surface area (Å²) in [5.41, 5.74) is 0.802. The molecule has 0 spiro atoms. The van der Waals surface area contributed by atoms with Gasteiger partial charge < -0.3 is 5.32 Å². The van der Waals surface area contributed by atoms with E-state index in [2.05, 4.69) is 15.3 Å². The molecule has 1 aromatic heterocycles. The molecule has 1 heterocycles. The van der Waals surface area contributed by atoms with Crippen molar-refractivity contribution >= 4 is 22.7 Å². The van der Waals surface area contributed by atoms with Crippen molar-refractivity contribution in [3.63, 3.8) is 0 Å². The average molecular weight is 305 g/mol. The van der Waals surface area contributed by atoms with Crippen molar-refractivity contribution < 1.29 is 4.79 Å². The standard InChI is InChI=1S/C16H23N3OS/c1-17-16(13-7-3-2-4-8-13)21-12-19-15(20)11-14-9-5-6-10-18-14/h5-6,9-10,13H,2-4,7-8,11-12H2,1H3,(H,19,20). The molecule has 0 aromatic carbocycles. The third-order valence-electron chi connectivity index (χ3n) is 3.73. The fourth-order valence-corrected chi connectivity index (χ4v) is 3.62. The minimum atomic E-state index is 0.0142. The van der Waals surface area contributed by atoms with E-state index in [9.17, 15) is 4.79 Å². The van der Waals surface area contributed by atoms with Gasteiger partial charge in [0.25, 0.3) is 0 Å². The second-order valence-corrected chi connectivity index (χ2v) is 6.28. The molecule has 4 nitrogen and oxygen atoms in total. The first-order valence-corrected chi connectivity index (χ1v) is 8.54. The second kappa shape index (κ2) is 8.82. The summed E-state index contributed by atoms with van der Waals surface area (Å²) in [5, 5.41) is 4.13. The molecule has 0 bridgehead atoms. The SMILES string of the molecule is CN=C(SCNC(=O)Cc1ccccn1)C1CCCCC1. The number of hydrogen-bond acceptors (Lipinski definition) is 4. The summed E-state index contributed by atoms with van der Waals surface area (Å²) in [4.78, 5) is 20.4. The number of nitrogens with zero attached hydrogens (tertiary/aromatic N) is 2. The van der Waals surface area contributed by atoms with Crippen LogP contribution in [0.15, 0.2) is 29.4 Å². The van der Waals surface area contributed by atoms with E-state index in [0.29, 0.717) is 18.2 Å². The predicted molar refractivity (Wildman–Crippen MR) is 88.5 cm³/mol. The van der Waals surface area contributed by atoms with E-state index >= 15 is 0 Å². The number of hydrogen-bond donors (Lipinski definition) is 1. The minimum absolute atomic E-state index is 0.0142. The van der Waals surface area contributed by atoms with Crippen molar-refractivity contribution in [2.75, 3.05) is 12.9 Å². The molecule has 1 aliphatic carbocycles. The third-order valence-corrected chi connectivity index (χ3v) is 4.83. The van der Waals surface area contributed by atoms with E-state index in [1.807, 2.05) is 25.2 Å². The Labute approximate surface area is 130 Å². The molecule has 1 saturated carbocycles. The minimum Gasteiger partial charge on any atom is -0.346 e. The van der Waals surface area contributed by atoms with Crippen molar-refractivity contribution in [2.24, 2.45) is 10.9 Å². The number of aliphatic imine (C=N–C) groups is 1. The normalized spacial score (nSPS) is 16.7. The molecule has 114 valence electrons. The Morgan fingerprint density at radius 1 is 1.38 bits per heavy atom. The summed E-state index contributed by atoms with van der Waals surface area (Å²) >= 11 is 1.66. The summed E-state index contributed by atoms with van der Waals surface area (Å²) < 4.78 is 0. The first-order valence-electron chi connectivity index (χ1n) is 7.55. The highest BCUT2D eigenvalue weighted by molar-refractivity contribution is 8.13. The van der Waals surface area contributed by atoms with E-state index in [0.717, 1.165) is 5.69 Å². The van der Waals surface area contributed by atoms with E-state index in [1.54, 1.807) is 18.0 Å². The fourth-order valence-electron chi connectivity index (χ4n) is 2.63. The van der Waals surface area contributed by atoms with Crippen LogP contribution in [-0.2, 0) is 11.2 Å². The quantitative estimate of drug-likeness (QED) is 0.517. The van der Waals surface area contributed by atoms with Crippen LogP contribution < -0.4 is 5.32 Å². The van der Waals surface area contributed by atoms with Crippen molar-refractivity contribution in [1.82, 2.24) is 10.3 Å². The number of amides is 1. The van der Waals surface area contributed by atoms with Crippen LogP contribution in [0.1, 0.15) is 37.8 Å². The molecule has 21 heavy (non-hydrogen) atoms. The van der Waals surface area contributed by atoms with Gasteiger partial charge in [-0.3, -0.25) is 14.8 Å². The highest BCUT2D eigenvalue weighted by Gasteiger charge is 2.19. The van der Waals surface area contributed by atoms with Gasteiger partial charge in [0.2, 0.25) is 5.91 Å². The number of rotatable bonds is 5. The Morgan fingerprint density at radius 2 is 2.19 bits per heavy atom. The maximum atomic E-state index is 11.9. The Kier molecular flexibility index (Phi) is 6.73. The fraction of sp³-hybridized carbons (Fsp3) is 0.562. The van der Waals surface area contributed by atoms with Crippen LogP contribution in [-0.4, -0.2) is 28.9 Å². The van der Waals surface area contributed by atoms with Crippen LogP contribution in [0.5, 0.6) is 0 Å². The van der Waals surface area contributed by atoms with Crippen molar-refractivity contribution in [3.05, 3.63) is 30.1 Å². The molecule has 0 aliphatic heterocycles. The van der Waals surface area contributed by atoms with Gasteiger partial charge in [0.15, 0.2) is 0 Å².